The molecule has 2 atom stereocenters. The highest BCUT2D eigenvalue weighted by Crippen LogP contribution is 2.22. The topological polar surface area (TPSA) is 29.3 Å². The minimum absolute atomic E-state index is 0.0290. The van der Waals surface area contributed by atoms with Gasteiger partial charge in [-0.1, -0.05) is 12.1 Å². The summed E-state index contributed by atoms with van der Waals surface area (Å²) in [4.78, 5) is 2.41. The highest BCUT2D eigenvalue weighted by molar-refractivity contribution is 5.21. The predicted octanol–water partition coefficient (Wildman–Crippen LogP) is 2.31. The Hall–Kier alpha value is -0.930. The molecule has 0 aromatic heterocycles. The van der Waals surface area contributed by atoms with E-state index >= 15 is 0 Å². The molecular formula is C13H19FN2. The van der Waals surface area contributed by atoms with Gasteiger partial charge in [0.2, 0.25) is 0 Å². The lowest BCUT2D eigenvalue weighted by Gasteiger charge is -2.29. The van der Waals surface area contributed by atoms with Crippen molar-refractivity contribution in [3.8, 4) is 0 Å². The highest BCUT2D eigenvalue weighted by Gasteiger charge is 2.24. The zero-order chi connectivity index (χ0) is 11.5. The van der Waals surface area contributed by atoms with Crippen molar-refractivity contribution in [3.05, 3.63) is 35.6 Å². The number of nitrogens with zero attached hydrogens (tertiary/aromatic N) is 1. The number of halogens is 1. The minimum Gasteiger partial charge on any atom is -0.323 e. The highest BCUT2D eigenvalue weighted by atomic mass is 19.1. The zero-order valence-electron chi connectivity index (χ0n) is 9.70. The Labute approximate surface area is 96.2 Å². The van der Waals surface area contributed by atoms with Crippen LogP contribution >= 0.6 is 0 Å². The standard InChI is InChI=1S/C13H19FN2/c1-10(16-8-2-3-9-16)13(15)11-4-6-12(14)7-5-11/h4-7,10,13H,2-3,8-9,15H2,1H3. The normalized spacial score (nSPS) is 20.9. The lowest BCUT2D eigenvalue weighted by Crippen LogP contribution is -2.38. The third-order valence-corrected chi connectivity index (χ3v) is 3.49. The molecule has 0 saturated carbocycles. The Kier molecular flexibility index (Phi) is 3.56. The molecule has 0 radical (unpaired) electrons. The number of rotatable bonds is 3. The van der Waals surface area contributed by atoms with Crippen LogP contribution in [0.2, 0.25) is 0 Å². The van der Waals surface area contributed by atoms with E-state index in [1.807, 2.05) is 0 Å². The van der Waals surface area contributed by atoms with Gasteiger partial charge in [0, 0.05) is 12.1 Å². The van der Waals surface area contributed by atoms with Crippen molar-refractivity contribution < 1.29 is 4.39 Å². The minimum atomic E-state index is -0.204. The van der Waals surface area contributed by atoms with E-state index in [9.17, 15) is 4.39 Å². The summed E-state index contributed by atoms with van der Waals surface area (Å²) in [7, 11) is 0. The van der Waals surface area contributed by atoms with Gasteiger partial charge >= 0.3 is 0 Å². The van der Waals surface area contributed by atoms with E-state index in [-0.39, 0.29) is 11.9 Å². The molecule has 2 unspecified atom stereocenters. The van der Waals surface area contributed by atoms with Crippen LogP contribution in [0.3, 0.4) is 0 Å². The zero-order valence-corrected chi connectivity index (χ0v) is 9.70. The first-order chi connectivity index (χ1) is 7.68. The largest absolute Gasteiger partial charge is 0.323 e. The average molecular weight is 222 g/mol. The van der Waals surface area contributed by atoms with Crippen LogP contribution in [0, 0.1) is 5.82 Å². The Morgan fingerprint density at radius 2 is 1.75 bits per heavy atom. The third-order valence-electron chi connectivity index (χ3n) is 3.49. The second-order valence-corrected chi connectivity index (χ2v) is 4.56. The molecule has 1 heterocycles. The van der Waals surface area contributed by atoms with Crippen LogP contribution in [0.5, 0.6) is 0 Å². The molecule has 2 rings (SSSR count). The number of hydrogen-bond donors (Lipinski definition) is 1. The molecule has 0 aliphatic carbocycles. The first kappa shape index (κ1) is 11.6. The van der Waals surface area contributed by atoms with Crippen LogP contribution in [-0.4, -0.2) is 24.0 Å². The van der Waals surface area contributed by atoms with Gasteiger partial charge in [0.05, 0.1) is 0 Å². The van der Waals surface area contributed by atoms with E-state index in [1.165, 1.54) is 25.0 Å². The van der Waals surface area contributed by atoms with Crippen LogP contribution in [0.25, 0.3) is 0 Å². The van der Waals surface area contributed by atoms with E-state index in [2.05, 4.69) is 11.8 Å². The summed E-state index contributed by atoms with van der Waals surface area (Å²) in [5, 5.41) is 0. The maximum Gasteiger partial charge on any atom is 0.123 e. The van der Waals surface area contributed by atoms with Crippen molar-refractivity contribution in [2.45, 2.75) is 31.8 Å². The number of likely N-dealkylation sites (tertiary alicyclic amines) is 1. The molecule has 2 N–H and O–H groups in total. The van der Waals surface area contributed by atoms with Gasteiger partial charge in [0.1, 0.15) is 5.82 Å². The Morgan fingerprint density at radius 3 is 2.31 bits per heavy atom. The molecule has 1 fully saturated rings. The Bertz CT molecular complexity index is 330. The molecule has 88 valence electrons. The van der Waals surface area contributed by atoms with Gasteiger partial charge in [-0.05, 0) is 50.6 Å². The van der Waals surface area contributed by atoms with Gasteiger partial charge in [-0.25, -0.2) is 4.39 Å². The van der Waals surface area contributed by atoms with Crippen LogP contribution in [0.4, 0.5) is 4.39 Å². The monoisotopic (exact) mass is 222 g/mol. The first-order valence-electron chi connectivity index (χ1n) is 5.93. The second-order valence-electron chi connectivity index (χ2n) is 4.56. The van der Waals surface area contributed by atoms with Crippen LogP contribution < -0.4 is 5.73 Å². The van der Waals surface area contributed by atoms with Crippen molar-refractivity contribution >= 4 is 0 Å². The molecule has 2 nitrogen and oxygen atoms in total. The smallest absolute Gasteiger partial charge is 0.123 e. The fourth-order valence-corrected chi connectivity index (χ4v) is 2.34. The van der Waals surface area contributed by atoms with E-state index in [1.54, 1.807) is 12.1 Å². The van der Waals surface area contributed by atoms with E-state index in [0.29, 0.717) is 6.04 Å². The Balaban J connectivity index is 2.05. The van der Waals surface area contributed by atoms with Gasteiger partial charge in [0.25, 0.3) is 0 Å². The molecule has 1 aromatic carbocycles. The number of benzene rings is 1. The van der Waals surface area contributed by atoms with Crippen LogP contribution in [0.1, 0.15) is 31.4 Å². The van der Waals surface area contributed by atoms with Crippen LogP contribution in [-0.2, 0) is 0 Å². The predicted molar refractivity (Wildman–Crippen MR) is 63.6 cm³/mol. The first-order valence-corrected chi connectivity index (χ1v) is 5.93. The van der Waals surface area contributed by atoms with Crippen molar-refractivity contribution in [3.63, 3.8) is 0 Å². The van der Waals surface area contributed by atoms with Crippen molar-refractivity contribution in [1.29, 1.82) is 0 Å². The maximum absolute atomic E-state index is 12.8. The summed E-state index contributed by atoms with van der Waals surface area (Å²) in [6, 6.07) is 6.82. The molecule has 3 heteroatoms. The van der Waals surface area contributed by atoms with E-state index < -0.39 is 0 Å². The molecule has 1 aromatic rings. The molecular weight excluding hydrogens is 203 g/mol. The lowest BCUT2D eigenvalue weighted by atomic mass is 10.0. The van der Waals surface area contributed by atoms with Crippen molar-refractivity contribution in [2.24, 2.45) is 5.73 Å². The molecule has 0 spiro atoms. The summed E-state index contributed by atoms with van der Waals surface area (Å²) in [6.45, 7) is 4.42. The summed E-state index contributed by atoms with van der Waals surface area (Å²) in [5.74, 6) is -0.204. The van der Waals surface area contributed by atoms with Gasteiger partial charge in [0.15, 0.2) is 0 Å². The quantitative estimate of drug-likeness (QED) is 0.850. The van der Waals surface area contributed by atoms with Crippen molar-refractivity contribution in [2.75, 3.05) is 13.1 Å². The summed E-state index contributed by atoms with van der Waals surface area (Å²) in [6.07, 6.45) is 2.53. The fourth-order valence-electron chi connectivity index (χ4n) is 2.34. The summed E-state index contributed by atoms with van der Waals surface area (Å²) in [5.41, 5.74) is 7.22. The Morgan fingerprint density at radius 1 is 1.19 bits per heavy atom. The average Bonchev–Trinajstić information content (AvgIpc) is 2.81. The van der Waals surface area contributed by atoms with Gasteiger partial charge < -0.3 is 5.73 Å². The molecule has 16 heavy (non-hydrogen) atoms. The molecule has 1 saturated heterocycles. The maximum atomic E-state index is 12.8. The van der Waals surface area contributed by atoms with E-state index in [0.717, 1.165) is 18.7 Å². The molecule has 0 amide bonds. The lowest BCUT2D eigenvalue weighted by molar-refractivity contribution is 0.227. The van der Waals surface area contributed by atoms with Gasteiger partial charge in [-0.2, -0.15) is 0 Å². The van der Waals surface area contributed by atoms with Crippen molar-refractivity contribution in [1.82, 2.24) is 4.90 Å². The van der Waals surface area contributed by atoms with Crippen LogP contribution in [0.15, 0.2) is 24.3 Å². The molecule has 1 aliphatic rings. The SMILES string of the molecule is CC(C(N)c1ccc(F)cc1)N1CCCC1. The van der Waals surface area contributed by atoms with Gasteiger partial charge in [-0.15, -0.1) is 0 Å². The third kappa shape index (κ3) is 2.42. The fraction of sp³-hybridized carbons (Fsp3) is 0.538. The summed E-state index contributed by atoms with van der Waals surface area (Å²) < 4.78 is 12.8. The number of nitrogens with two attached hydrogens (primary N) is 1. The number of hydrogen-bond acceptors (Lipinski definition) is 2. The second kappa shape index (κ2) is 4.93. The van der Waals surface area contributed by atoms with Gasteiger partial charge in [-0.3, -0.25) is 4.90 Å². The van der Waals surface area contributed by atoms with E-state index in [4.69, 9.17) is 5.73 Å². The molecule has 1 aliphatic heterocycles. The molecule has 0 bridgehead atoms. The summed E-state index contributed by atoms with van der Waals surface area (Å²) >= 11 is 0.